The average Bonchev–Trinajstić information content (AvgIpc) is 3.14. The van der Waals surface area contributed by atoms with Gasteiger partial charge in [0.15, 0.2) is 0 Å². The number of amides is 1. The molecule has 0 aromatic rings. The number of carbonyl (C=O) groups is 1. The normalized spacial score (nSPS) is 33.5. The molecule has 1 heterocycles. The van der Waals surface area contributed by atoms with Gasteiger partial charge in [0.05, 0.1) is 0 Å². The van der Waals surface area contributed by atoms with Gasteiger partial charge in [-0.1, -0.05) is 12.8 Å². The van der Waals surface area contributed by atoms with Crippen molar-refractivity contribution in [3.8, 4) is 0 Å². The minimum Gasteiger partial charge on any atom is -0.396 e. The van der Waals surface area contributed by atoms with Crippen LogP contribution in [-0.4, -0.2) is 47.7 Å². The highest BCUT2D eigenvalue weighted by molar-refractivity contribution is 5.81. The van der Waals surface area contributed by atoms with Crippen LogP contribution in [-0.2, 0) is 4.79 Å². The lowest BCUT2D eigenvalue weighted by Crippen LogP contribution is -2.55. The van der Waals surface area contributed by atoms with Crippen molar-refractivity contribution in [1.29, 1.82) is 0 Å². The summed E-state index contributed by atoms with van der Waals surface area (Å²) in [7, 11) is 0. The van der Waals surface area contributed by atoms with E-state index in [0.717, 1.165) is 38.4 Å². The van der Waals surface area contributed by atoms with E-state index in [9.17, 15) is 9.90 Å². The number of piperidine rings is 1. The molecule has 3 aliphatic rings. The van der Waals surface area contributed by atoms with Crippen LogP contribution < -0.4 is 5.32 Å². The zero-order chi connectivity index (χ0) is 13.2. The summed E-state index contributed by atoms with van der Waals surface area (Å²) >= 11 is 0. The van der Waals surface area contributed by atoms with Crippen molar-refractivity contribution in [2.75, 3.05) is 19.7 Å². The van der Waals surface area contributed by atoms with E-state index in [2.05, 4.69) is 10.2 Å². The molecular formula is C15H26N2O2. The summed E-state index contributed by atoms with van der Waals surface area (Å²) in [6.07, 6.45) is 8.44. The maximum atomic E-state index is 12.0. The first kappa shape index (κ1) is 13.4. The summed E-state index contributed by atoms with van der Waals surface area (Å²) in [6, 6.07) is 0.882. The zero-order valence-electron chi connectivity index (χ0n) is 11.7. The van der Waals surface area contributed by atoms with Crippen molar-refractivity contribution < 1.29 is 9.90 Å². The van der Waals surface area contributed by atoms with Gasteiger partial charge in [-0.05, 0) is 38.6 Å². The molecule has 108 valence electrons. The molecule has 4 heteroatoms. The standard InChI is InChI=1S/C15H26N2O2/c18-10-12-7-8-17(13-3-1-2-4-13)9-14(12)16-15(19)11-5-6-11/h11-14,18H,1-10H2,(H,16,19)/t12-,14-/m1/s1. The number of likely N-dealkylation sites (tertiary alicyclic amines) is 1. The van der Waals surface area contributed by atoms with Crippen LogP contribution in [0.1, 0.15) is 44.9 Å². The fourth-order valence-electron chi connectivity index (χ4n) is 3.66. The Kier molecular flexibility index (Phi) is 4.08. The summed E-state index contributed by atoms with van der Waals surface area (Å²) in [5, 5.41) is 12.7. The van der Waals surface area contributed by atoms with Crippen molar-refractivity contribution in [3.63, 3.8) is 0 Å². The molecule has 0 spiro atoms. The Hall–Kier alpha value is -0.610. The monoisotopic (exact) mass is 266 g/mol. The Morgan fingerprint density at radius 2 is 1.89 bits per heavy atom. The molecule has 2 aliphatic carbocycles. The number of hydrogen-bond donors (Lipinski definition) is 2. The maximum Gasteiger partial charge on any atom is 0.223 e. The first-order valence-electron chi connectivity index (χ1n) is 7.93. The van der Waals surface area contributed by atoms with Crippen molar-refractivity contribution >= 4 is 5.91 Å². The Morgan fingerprint density at radius 1 is 1.16 bits per heavy atom. The fourth-order valence-corrected chi connectivity index (χ4v) is 3.66. The minimum absolute atomic E-state index is 0.160. The lowest BCUT2D eigenvalue weighted by molar-refractivity contribution is -0.124. The Labute approximate surface area is 115 Å². The quantitative estimate of drug-likeness (QED) is 0.802. The summed E-state index contributed by atoms with van der Waals surface area (Å²) in [6.45, 7) is 2.23. The molecule has 3 rings (SSSR count). The van der Waals surface area contributed by atoms with Gasteiger partial charge in [0, 0.05) is 37.1 Å². The molecule has 1 amide bonds. The highest BCUT2D eigenvalue weighted by Crippen LogP contribution is 2.31. The van der Waals surface area contributed by atoms with Gasteiger partial charge in [-0.2, -0.15) is 0 Å². The molecule has 2 atom stereocenters. The van der Waals surface area contributed by atoms with Gasteiger partial charge in [0.2, 0.25) is 5.91 Å². The second-order valence-corrected chi connectivity index (χ2v) is 6.55. The lowest BCUT2D eigenvalue weighted by Gasteiger charge is -2.41. The number of carbonyl (C=O) groups excluding carboxylic acids is 1. The summed E-state index contributed by atoms with van der Waals surface area (Å²) < 4.78 is 0. The molecule has 0 bridgehead atoms. The molecule has 4 nitrogen and oxygen atoms in total. The maximum absolute atomic E-state index is 12.0. The third kappa shape index (κ3) is 3.11. The van der Waals surface area contributed by atoms with Crippen molar-refractivity contribution in [1.82, 2.24) is 10.2 Å². The number of nitrogens with one attached hydrogen (secondary N) is 1. The van der Waals surface area contributed by atoms with Crippen molar-refractivity contribution in [2.45, 2.75) is 57.0 Å². The number of nitrogens with zero attached hydrogens (tertiary/aromatic N) is 1. The Balaban J connectivity index is 1.58. The van der Waals surface area contributed by atoms with E-state index < -0.39 is 0 Å². The van der Waals surface area contributed by atoms with Crippen LogP contribution >= 0.6 is 0 Å². The number of aliphatic hydroxyl groups is 1. The Morgan fingerprint density at radius 3 is 2.53 bits per heavy atom. The van der Waals surface area contributed by atoms with E-state index in [1.165, 1.54) is 25.7 Å². The van der Waals surface area contributed by atoms with Crippen LogP contribution in [0.25, 0.3) is 0 Å². The van der Waals surface area contributed by atoms with E-state index >= 15 is 0 Å². The molecule has 1 saturated heterocycles. The van der Waals surface area contributed by atoms with Crippen LogP contribution in [0.5, 0.6) is 0 Å². The topological polar surface area (TPSA) is 52.6 Å². The van der Waals surface area contributed by atoms with E-state index in [0.29, 0.717) is 0 Å². The molecule has 0 aromatic carbocycles. The van der Waals surface area contributed by atoms with Gasteiger partial charge in [0.1, 0.15) is 0 Å². The molecule has 2 saturated carbocycles. The molecule has 2 N–H and O–H groups in total. The Bertz CT molecular complexity index is 324. The van der Waals surface area contributed by atoms with Gasteiger partial charge < -0.3 is 10.4 Å². The number of aliphatic hydroxyl groups excluding tert-OH is 1. The largest absolute Gasteiger partial charge is 0.396 e. The predicted octanol–water partition coefficient (Wildman–Crippen LogP) is 1.14. The average molecular weight is 266 g/mol. The van der Waals surface area contributed by atoms with E-state index in [-0.39, 0.29) is 30.4 Å². The fraction of sp³-hybridized carbons (Fsp3) is 0.933. The van der Waals surface area contributed by atoms with E-state index in [1.54, 1.807) is 0 Å². The first-order chi connectivity index (χ1) is 9.28. The van der Waals surface area contributed by atoms with Crippen LogP contribution in [0, 0.1) is 11.8 Å². The summed E-state index contributed by atoms with van der Waals surface area (Å²) in [5.41, 5.74) is 0. The lowest BCUT2D eigenvalue weighted by atomic mass is 9.91. The molecular weight excluding hydrogens is 240 g/mol. The second-order valence-electron chi connectivity index (χ2n) is 6.55. The molecule has 0 aromatic heterocycles. The number of rotatable bonds is 4. The number of hydrogen-bond acceptors (Lipinski definition) is 3. The highest BCUT2D eigenvalue weighted by atomic mass is 16.3. The van der Waals surface area contributed by atoms with Gasteiger partial charge in [-0.15, -0.1) is 0 Å². The highest BCUT2D eigenvalue weighted by Gasteiger charge is 2.37. The smallest absolute Gasteiger partial charge is 0.223 e. The molecule has 3 fully saturated rings. The van der Waals surface area contributed by atoms with E-state index in [4.69, 9.17) is 0 Å². The molecule has 0 radical (unpaired) electrons. The van der Waals surface area contributed by atoms with Gasteiger partial charge in [-0.25, -0.2) is 0 Å². The van der Waals surface area contributed by atoms with Crippen LogP contribution in [0.3, 0.4) is 0 Å². The second kappa shape index (κ2) is 5.80. The van der Waals surface area contributed by atoms with Crippen LogP contribution in [0.2, 0.25) is 0 Å². The molecule has 0 unspecified atom stereocenters. The molecule has 1 aliphatic heterocycles. The van der Waals surface area contributed by atoms with E-state index in [1.807, 2.05) is 0 Å². The van der Waals surface area contributed by atoms with Crippen LogP contribution in [0.4, 0.5) is 0 Å². The minimum atomic E-state index is 0.160. The first-order valence-corrected chi connectivity index (χ1v) is 7.93. The van der Waals surface area contributed by atoms with Crippen molar-refractivity contribution in [3.05, 3.63) is 0 Å². The predicted molar refractivity (Wildman–Crippen MR) is 73.7 cm³/mol. The van der Waals surface area contributed by atoms with Gasteiger partial charge in [0.25, 0.3) is 0 Å². The third-order valence-corrected chi connectivity index (χ3v) is 5.14. The SMILES string of the molecule is O=C(N[C@@H]1CN(C2CCCC2)CC[C@@H]1CO)C1CC1. The van der Waals surface area contributed by atoms with Crippen LogP contribution in [0.15, 0.2) is 0 Å². The zero-order valence-corrected chi connectivity index (χ0v) is 11.7. The molecule has 19 heavy (non-hydrogen) atoms. The summed E-state index contributed by atoms with van der Waals surface area (Å²) in [4.78, 5) is 14.5. The third-order valence-electron chi connectivity index (χ3n) is 5.14. The summed E-state index contributed by atoms with van der Waals surface area (Å²) in [5.74, 6) is 0.735. The van der Waals surface area contributed by atoms with Gasteiger partial charge in [-0.3, -0.25) is 9.69 Å². The van der Waals surface area contributed by atoms with Crippen molar-refractivity contribution in [2.24, 2.45) is 11.8 Å². The van der Waals surface area contributed by atoms with Gasteiger partial charge >= 0.3 is 0 Å².